The average Bonchev–Trinajstić information content (AvgIpc) is 0.712. The predicted molar refractivity (Wildman–Crippen MR) is 668 cm³/mol. The first kappa shape index (κ1) is 144. The van der Waals surface area contributed by atoms with Gasteiger partial charge in [-0.05, 0) is 280 Å². The van der Waals surface area contributed by atoms with Gasteiger partial charge in [0, 0.05) is 0 Å². The van der Waals surface area contributed by atoms with Crippen molar-refractivity contribution < 1.29 is 9.53 Å². The van der Waals surface area contributed by atoms with Crippen molar-refractivity contribution in [3.63, 3.8) is 0 Å². The van der Waals surface area contributed by atoms with Gasteiger partial charge in [0.1, 0.15) is 6.61 Å². The number of hydrogen-bond acceptors (Lipinski definition) is 2. The summed E-state index contributed by atoms with van der Waals surface area (Å²) < 4.78 is 7.73. The fourth-order valence-corrected chi connectivity index (χ4v) is 37.9. The van der Waals surface area contributed by atoms with Crippen molar-refractivity contribution in [3.8, 4) is 0 Å². The summed E-state index contributed by atoms with van der Waals surface area (Å²) in [5.41, 5.74) is 0.657. The minimum absolute atomic E-state index is 0.0607. The molecule has 0 fully saturated rings. The molecule has 2 heteroatoms. The van der Waals surface area contributed by atoms with E-state index in [-0.39, 0.29) is 114 Å². The van der Waals surface area contributed by atoms with Crippen LogP contribution >= 0.6 is 0 Å². The molecule has 0 aliphatic rings. The van der Waals surface area contributed by atoms with E-state index in [1.807, 2.05) is 0 Å². The van der Waals surface area contributed by atoms with Gasteiger partial charge in [-0.15, -0.1) is 0 Å². The van der Waals surface area contributed by atoms with Crippen LogP contribution in [0.2, 0.25) is 0 Å². The Morgan fingerprint density at radius 1 is 0.184 bits per heavy atom. The van der Waals surface area contributed by atoms with Gasteiger partial charge in [-0.1, -0.05) is 631 Å². The van der Waals surface area contributed by atoms with E-state index in [1.54, 1.807) is 0 Å². The minimum Gasteiger partial charge on any atom is -0.460 e. The van der Waals surface area contributed by atoms with E-state index < -0.39 is 10.8 Å². The zero-order chi connectivity index (χ0) is 113. The van der Waals surface area contributed by atoms with Gasteiger partial charge in [-0.2, -0.15) is 0 Å². The highest BCUT2D eigenvalue weighted by molar-refractivity contribution is 5.76. The monoisotopic (exact) mass is 2060 g/mol. The van der Waals surface area contributed by atoms with E-state index in [0.717, 1.165) is 18.4 Å². The van der Waals surface area contributed by atoms with Crippen molar-refractivity contribution in [3.05, 3.63) is 35.9 Å². The maximum Gasteiger partial charge on any atom is 0.312 e. The van der Waals surface area contributed by atoms with Crippen molar-refractivity contribution in [2.45, 2.75) is 762 Å². The number of rotatable bonds is 93. The van der Waals surface area contributed by atoms with Gasteiger partial charge in [0.25, 0.3) is 0 Å². The Morgan fingerprint density at radius 2 is 0.320 bits per heavy atom. The Hall–Kier alpha value is -1.31. The first-order valence-corrected chi connectivity index (χ1v) is 67.7. The molecule has 0 spiro atoms. The Labute approximate surface area is 931 Å². The van der Waals surface area contributed by atoms with Crippen LogP contribution in [-0.4, -0.2) is 5.97 Å². The third kappa shape index (κ3) is 36.9. The molecule has 0 bridgehead atoms. The van der Waals surface area contributed by atoms with Crippen LogP contribution in [0.15, 0.2) is 30.3 Å². The Morgan fingerprint density at radius 3 is 0.456 bits per heavy atom. The van der Waals surface area contributed by atoms with E-state index in [4.69, 9.17) is 4.74 Å². The fourth-order valence-electron chi connectivity index (χ4n) is 37.9. The highest BCUT2D eigenvalue weighted by atomic mass is 16.5. The lowest BCUT2D eigenvalue weighted by molar-refractivity contribution is -0.167. The normalized spacial score (nSPS) is 15.0. The number of carbonyl (C=O) groups excluding carboxylic acids is 1. The lowest BCUT2D eigenvalue weighted by Gasteiger charge is -2.64. The number of esters is 1. The minimum atomic E-state index is -0.865. The van der Waals surface area contributed by atoms with Crippen molar-refractivity contribution in [2.75, 3.05) is 0 Å². The fraction of sp³-hybridized carbons (Fsp3) is 0.952. The molecule has 1 aromatic carbocycles. The molecule has 0 amide bonds. The summed E-state index contributed by atoms with van der Waals surface area (Å²) in [4.78, 5) is 18.6. The van der Waals surface area contributed by atoms with Crippen LogP contribution in [0, 0.1) is 125 Å². The highest BCUT2D eigenvalue weighted by Gasteiger charge is 2.65. The molecule has 0 heterocycles. The van der Waals surface area contributed by atoms with E-state index >= 15 is 4.79 Å². The molecular weight excluding hydrogens is 1770 g/mol. The molecule has 147 heavy (non-hydrogen) atoms. The van der Waals surface area contributed by atoms with Crippen LogP contribution in [0.3, 0.4) is 0 Å². The lowest BCUT2D eigenvalue weighted by Crippen LogP contribution is -2.54. The standard InChI is InChI=1S/C145H282O2/c1-47-95-121(48-2)98-139(101-125(50-4,51-5)52-6,102-126(53-7,54-8)55-9)115-145(119-143(109-133(74-28,75-29)76-30,110-134(77-31,78-32)79-33)111-135(80-34,81-35)82-36,120-144(112-136(83-37,84-38)85-39,113-137(86-40,87-41)88-42)114-138(89-43,90-44)91-45)118-140(100-124(46,49-3)123(146)147-99-122-96-93-92-94-97-122,116-141(103-127(56-10,57-11)58-12,104-128(59-13,60-14)61-15)105-129(62-16,63-17)64-18)117-142(106-130(65-19,66-20)67-21,107-131(68-22,69-23)70-24)108-132(71-25,72-26)73-27/h92-94,96-97,121H,47-91,95,98-120H2,1-46H3. The molecule has 0 radical (unpaired) electrons. The largest absolute Gasteiger partial charge is 0.460 e. The molecule has 1 rings (SSSR count). The average molecular weight is 2060 g/mol. The summed E-state index contributed by atoms with van der Waals surface area (Å²) in [5.74, 6) is 0.707. The molecule has 0 saturated carbocycles. The zero-order valence-corrected chi connectivity index (χ0v) is 111. The summed E-state index contributed by atoms with van der Waals surface area (Å²) in [6, 6.07) is 11.1. The van der Waals surface area contributed by atoms with E-state index in [0.29, 0.717) is 12.5 Å². The van der Waals surface area contributed by atoms with Crippen molar-refractivity contribution in [1.82, 2.24) is 0 Å². The second-order valence-corrected chi connectivity index (χ2v) is 56.3. The molecule has 2 nitrogen and oxygen atoms in total. The first-order valence-electron chi connectivity index (χ1n) is 67.7. The third-order valence-electron chi connectivity index (χ3n) is 51.7. The molecule has 0 saturated heterocycles. The van der Waals surface area contributed by atoms with Gasteiger partial charge in [0.15, 0.2) is 0 Å². The summed E-state index contributed by atoms with van der Waals surface area (Å²) in [6.45, 7) is 126. The van der Waals surface area contributed by atoms with Gasteiger partial charge < -0.3 is 4.74 Å². The Bertz CT molecular complexity index is 2980. The predicted octanol–water partition coefficient (Wildman–Crippen LogP) is 51.5. The lowest BCUT2D eigenvalue weighted by atomic mass is 9.40. The van der Waals surface area contributed by atoms with Crippen molar-refractivity contribution >= 4 is 5.97 Å². The van der Waals surface area contributed by atoms with Gasteiger partial charge in [0.05, 0.1) is 5.41 Å². The van der Waals surface area contributed by atoms with Crippen LogP contribution in [-0.2, 0) is 16.1 Å². The second-order valence-electron chi connectivity index (χ2n) is 56.3. The number of hydrogen-bond donors (Lipinski definition) is 0. The molecule has 0 aromatic heterocycles. The Balaban J connectivity index is 8.37. The molecule has 0 aliphatic heterocycles. The van der Waals surface area contributed by atoms with Gasteiger partial charge >= 0.3 is 5.97 Å². The van der Waals surface area contributed by atoms with Gasteiger partial charge in [0.2, 0.25) is 0 Å². The SMILES string of the molecule is CCCC(CC)CC(CC(CC)(CC)CC)(CC(CC)(CC)CC)CC(CC(CC(CC)(CC)CC)(CC(CC)(CC)CC)CC(CC)(CC)CC)(CC(CC(CC)(CC)CC)(CC(CC)(CC)CC)CC(CC)(CC)CC)CC(CC(CC(CC)(CC)CC)(CC(CC)(CC)CC)CC(CC)(CC)CC)(CC(CC(CC)(CC)CC)(CC(CC)(CC)CC)CC(CC)(CC)CC)CC(C)(CC)C(=O)OCc1ccccc1. The maximum atomic E-state index is 18.6. The molecule has 1 aromatic rings. The number of ether oxygens (including phenoxy) is 1. The second kappa shape index (κ2) is 64.8. The quantitative estimate of drug-likeness (QED) is 0.0608. The Kier molecular flexibility index (Phi) is 63.4. The molecule has 0 N–H and O–H groups in total. The van der Waals surface area contributed by atoms with Gasteiger partial charge in [-0.3, -0.25) is 4.79 Å². The van der Waals surface area contributed by atoms with Crippen molar-refractivity contribution in [2.24, 2.45) is 125 Å². The van der Waals surface area contributed by atoms with E-state index in [2.05, 4.69) is 349 Å². The third-order valence-corrected chi connectivity index (χ3v) is 51.7. The number of carbonyl (C=O) groups is 1. The summed E-state index contributed by atoms with van der Waals surface area (Å²) in [7, 11) is 0. The van der Waals surface area contributed by atoms with Crippen LogP contribution in [0.4, 0.5) is 0 Å². The molecule has 2 unspecified atom stereocenters. The van der Waals surface area contributed by atoms with Crippen molar-refractivity contribution in [1.29, 1.82) is 0 Å². The van der Waals surface area contributed by atoms with E-state index in [1.165, 1.54) is 424 Å². The molecule has 0 aliphatic carbocycles. The molecular formula is C145H282O2. The summed E-state index contributed by atoms with van der Waals surface area (Å²) in [5, 5.41) is 0. The summed E-state index contributed by atoms with van der Waals surface area (Å²) >= 11 is 0. The van der Waals surface area contributed by atoms with Crippen LogP contribution in [0.1, 0.15) is 761 Å². The highest BCUT2D eigenvalue weighted by Crippen LogP contribution is 2.76. The zero-order valence-electron chi connectivity index (χ0n) is 111. The van der Waals surface area contributed by atoms with Crippen LogP contribution in [0.25, 0.3) is 0 Å². The molecule has 2 atom stereocenters. The molecule has 874 valence electrons. The van der Waals surface area contributed by atoms with Crippen LogP contribution < -0.4 is 0 Å². The van der Waals surface area contributed by atoms with Crippen LogP contribution in [0.5, 0.6) is 0 Å². The van der Waals surface area contributed by atoms with E-state index in [9.17, 15) is 0 Å². The first-order chi connectivity index (χ1) is 69.4. The topological polar surface area (TPSA) is 26.3 Å². The van der Waals surface area contributed by atoms with Gasteiger partial charge in [-0.25, -0.2) is 0 Å². The summed E-state index contributed by atoms with van der Waals surface area (Å²) in [6.07, 6.45) is 83.7. The smallest absolute Gasteiger partial charge is 0.312 e. The maximum absolute atomic E-state index is 18.6. The number of benzene rings is 1.